The summed E-state index contributed by atoms with van der Waals surface area (Å²) in [5.74, 6) is -1.40. The number of nitrogens with one attached hydrogen (secondary N) is 1. The minimum atomic E-state index is -0.871. The lowest BCUT2D eigenvalue weighted by Gasteiger charge is -2.36. The molecule has 5 aromatic rings. The van der Waals surface area contributed by atoms with Crippen LogP contribution in [0.4, 0.5) is 20.4 Å². The van der Waals surface area contributed by atoms with Crippen molar-refractivity contribution in [3.8, 4) is 17.2 Å². The Labute approximate surface area is 277 Å². The number of benzene rings is 1. The molecule has 1 amide bonds. The van der Waals surface area contributed by atoms with Crippen LogP contribution in [0.2, 0.25) is 0 Å². The first kappa shape index (κ1) is 32.0. The average Bonchev–Trinajstić information content (AvgIpc) is 3.84. The van der Waals surface area contributed by atoms with Gasteiger partial charge in [-0.1, -0.05) is 11.3 Å². The van der Waals surface area contributed by atoms with Crippen molar-refractivity contribution in [2.24, 2.45) is 0 Å². The summed E-state index contributed by atoms with van der Waals surface area (Å²) in [5, 5.41) is 7.26. The third-order valence-corrected chi connectivity index (χ3v) is 9.58. The predicted octanol–water partition coefficient (Wildman–Crippen LogP) is 1.88. The van der Waals surface area contributed by atoms with Gasteiger partial charge in [-0.15, -0.1) is 0 Å². The number of aromatic nitrogens is 4. The molecule has 2 fully saturated rings. The van der Waals surface area contributed by atoms with E-state index in [1.165, 1.54) is 10.6 Å². The van der Waals surface area contributed by atoms with Crippen LogP contribution in [0.3, 0.4) is 0 Å². The fourth-order valence-electron chi connectivity index (χ4n) is 5.99. The first-order valence-electron chi connectivity index (χ1n) is 15.7. The average molecular weight is 684 g/mol. The molecule has 2 aliphatic rings. The van der Waals surface area contributed by atoms with Crippen LogP contribution in [-0.2, 0) is 16.1 Å². The molecule has 0 atom stereocenters. The molecule has 7 rings (SSSR count). The zero-order valence-corrected chi connectivity index (χ0v) is 26.9. The van der Waals surface area contributed by atoms with E-state index >= 15 is 0 Å². The Balaban J connectivity index is 0.946. The summed E-state index contributed by atoms with van der Waals surface area (Å²) in [7, 11) is 0. The summed E-state index contributed by atoms with van der Waals surface area (Å²) in [4.78, 5) is 35.9. The van der Waals surface area contributed by atoms with Crippen LogP contribution in [-0.4, -0.2) is 114 Å². The van der Waals surface area contributed by atoms with Gasteiger partial charge in [-0.2, -0.15) is 14.6 Å². The van der Waals surface area contributed by atoms with Gasteiger partial charge < -0.3 is 29.8 Å². The van der Waals surface area contributed by atoms with Crippen molar-refractivity contribution >= 4 is 44.7 Å². The number of fused-ring (bicyclic) bond motifs is 3. The minimum absolute atomic E-state index is 0.156. The third kappa shape index (κ3) is 6.71. The highest BCUT2D eigenvalue weighted by atomic mass is 32.1. The molecule has 3 N–H and O–H groups in total. The largest absolute Gasteiger partial charge is 0.481 e. The summed E-state index contributed by atoms with van der Waals surface area (Å²) in [5.41, 5.74) is 8.19. The van der Waals surface area contributed by atoms with Crippen LogP contribution in [0, 0.1) is 11.6 Å². The molecule has 4 aromatic heterocycles. The summed E-state index contributed by atoms with van der Waals surface area (Å²) in [6.07, 6.45) is 1.56. The van der Waals surface area contributed by atoms with Crippen molar-refractivity contribution in [1.29, 1.82) is 0 Å². The lowest BCUT2D eigenvalue weighted by atomic mass is 10.2. The number of hydrogen-bond acceptors (Lipinski definition) is 12. The summed E-state index contributed by atoms with van der Waals surface area (Å²) >= 11 is 1.09. The number of anilines is 2. The number of amides is 1. The Hall–Kier alpha value is -4.58. The van der Waals surface area contributed by atoms with Gasteiger partial charge in [-0.25, -0.2) is 8.78 Å². The molecule has 6 heterocycles. The molecular weight excluding hydrogens is 648 g/mol. The van der Waals surface area contributed by atoms with E-state index in [-0.39, 0.29) is 34.8 Å². The van der Waals surface area contributed by atoms with Gasteiger partial charge in [-0.3, -0.25) is 24.0 Å². The second kappa shape index (κ2) is 13.9. The number of nitrogens with two attached hydrogens (primary N) is 1. The van der Waals surface area contributed by atoms with Crippen molar-refractivity contribution in [1.82, 2.24) is 34.3 Å². The number of nitrogen functional groups attached to an aromatic ring is 1. The van der Waals surface area contributed by atoms with E-state index in [2.05, 4.69) is 25.2 Å². The van der Waals surface area contributed by atoms with E-state index < -0.39 is 11.6 Å². The summed E-state index contributed by atoms with van der Waals surface area (Å²) < 4.78 is 49.5. The third-order valence-electron chi connectivity index (χ3n) is 8.59. The lowest BCUT2D eigenvalue weighted by molar-refractivity contribution is -0.123. The second-order valence-electron chi connectivity index (χ2n) is 11.6. The summed E-state index contributed by atoms with van der Waals surface area (Å²) in [6.45, 7) is 6.78. The highest BCUT2D eigenvalue weighted by Crippen LogP contribution is 2.30. The molecule has 0 spiro atoms. The zero-order valence-electron chi connectivity index (χ0n) is 26.1. The highest BCUT2D eigenvalue weighted by Gasteiger charge is 2.24. The number of nitrogens with zero attached hydrogens (tertiary/aromatic N) is 7. The van der Waals surface area contributed by atoms with Gasteiger partial charge in [0, 0.05) is 77.6 Å². The van der Waals surface area contributed by atoms with Crippen molar-refractivity contribution in [3.63, 3.8) is 0 Å². The second-order valence-corrected chi connectivity index (χ2v) is 12.6. The van der Waals surface area contributed by atoms with Crippen molar-refractivity contribution < 1.29 is 27.5 Å². The number of rotatable bonds is 11. The molecule has 17 heteroatoms. The SMILES string of the molecule is Nc1nc2c(sc(=O)n2CCN2CCN(c3cc(OCC(=O)NCCN4CCOCC4)c(F)cc3F)CC2)c2cc(-c3ccco3)nn12. The Kier molecular flexibility index (Phi) is 9.25. The van der Waals surface area contributed by atoms with E-state index in [9.17, 15) is 18.4 Å². The molecular formula is C31H35F2N9O5S. The Morgan fingerprint density at radius 3 is 2.58 bits per heavy atom. The Bertz CT molecular complexity index is 1960. The number of morpholine rings is 1. The number of thiazole rings is 1. The van der Waals surface area contributed by atoms with Crippen LogP contribution in [0.25, 0.3) is 27.3 Å². The normalized spacial score (nSPS) is 16.2. The quantitative estimate of drug-likeness (QED) is 0.210. The van der Waals surface area contributed by atoms with Crippen LogP contribution in [0.5, 0.6) is 5.75 Å². The molecule has 2 aliphatic heterocycles. The Morgan fingerprint density at radius 1 is 1.02 bits per heavy atom. The number of halogens is 2. The molecule has 254 valence electrons. The fourth-order valence-corrected chi connectivity index (χ4v) is 6.95. The number of piperazine rings is 1. The topological polar surface area (TPSA) is 149 Å². The van der Waals surface area contributed by atoms with E-state index in [4.69, 9.17) is 19.6 Å². The predicted molar refractivity (Wildman–Crippen MR) is 176 cm³/mol. The van der Waals surface area contributed by atoms with Gasteiger partial charge in [0.05, 0.1) is 30.7 Å². The number of furan rings is 1. The molecule has 0 bridgehead atoms. The van der Waals surface area contributed by atoms with Crippen molar-refractivity contribution in [3.05, 3.63) is 57.9 Å². The van der Waals surface area contributed by atoms with Gasteiger partial charge in [0.2, 0.25) is 5.95 Å². The maximum atomic E-state index is 14.9. The van der Waals surface area contributed by atoms with Gasteiger partial charge in [0.25, 0.3) is 5.91 Å². The fraction of sp³-hybridized carbons (Fsp3) is 0.419. The highest BCUT2D eigenvalue weighted by molar-refractivity contribution is 7.17. The Morgan fingerprint density at radius 2 is 1.81 bits per heavy atom. The molecule has 0 radical (unpaired) electrons. The maximum absolute atomic E-state index is 14.9. The molecule has 2 saturated heterocycles. The van der Waals surface area contributed by atoms with Crippen LogP contribution < -0.4 is 25.6 Å². The van der Waals surface area contributed by atoms with Gasteiger partial charge in [-0.05, 0) is 18.2 Å². The molecule has 48 heavy (non-hydrogen) atoms. The number of ether oxygens (including phenoxy) is 2. The van der Waals surface area contributed by atoms with E-state index in [0.29, 0.717) is 92.9 Å². The van der Waals surface area contributed by atoms with Crippen LogP contribution >= 0.6 is 11.3 Å². The molecule has 0 aliphatic carbocycles. The van der Waals surface area contributed by atoms with Crippen LogP contribution in [0.1, 0.15) is 0 Å². The molecule has 14 nitrogen and oxygen atoms in total. The molecule has 1 aromatic carbocycles. The maximum Gasteiger partial charge on any atom is 0.309 e. The first-order chi connectivity index (χ1) is 23.3. The summed E-state index contributed by atoms with van der Waals surface area (Å²) in [6, 6.07) is 7.49. The van der Waals surface area contributed by atoms with Gasteiger partial charge in [0.1, 0.15) is 16.2 Å². The monoisotopic (exact) mass is 683 g/mol. The smallest absolute Gasteiger partial charge is 0.309 e. The molecule has 0 unspecified atom stereocenters. The lowest BCUT2D eigenvalue weighted by Crippen LogP contribution is -2.47. The number of carbonyl (C=O) groups excluding carboxylic acids is 1. The van der Waals surface area contributed by atoms with Gasteiger partial charge in [0.15, 0.2) is 29.6 Å². The standard InChI is InChI=1S/C31H35F2N9O5S/c32-20-16-21(33)26(47-19-27(43)35-3-4-38-11-14-45-15-12-38)18-23(20)40-8-5-39(6-9-40)7-10-41-29-28(48-31(41)44)24-17-22(25-2-1-13-46-25)37-42(24)30(34)36-29/h1-2,13,16-18H,3-12,14-15,19H2,(H2,34,36)(H,35,43). The van der Waals surface area contributed by atoms with Crippen molar-refractivity contribution in [2.75, 3.05) is 89.4 Å². The number of carbonyl (C=O) groups is 1. The molecule has 0 saturated carbocycles. The van der Waals surface area contributed by atoms with E-state index in [1.54, 1.807) is 23.0 Å². The van der Waals surface area contributed by atoms with Crippen molar-refractivity contribution in [2.45, 2.75) is 6.54 Å². The zero-order chi connectivity index (χ0) is 33.2. The van der Waals surface area contributed by atoms with E-state index in [0.717, 1.165) is 30.5 Å². The van der Waals surface area contributed by atoms with Crippen LogP contribution in [0.15, 0.2) is 45.8 Å². The first-order valence-corrected chi connectivity index (χ1v) is 16.5. The minimum Gasteiger partial charge on any atom is -0.481 e. The van der Waals surface area contributed by atoms with Gasteiger partial charge >= 0.3 is 4.87 Å². The number of hydrogen-bond donors (Lipinski definition) is 2. The van der Waals surface area contributed by atoms with E-state index in [1.807, 2.05) is 11.0 Å².